The maximum absolute atomic E-state index is 11.2. The maximum Gasteiger partial charge on any atom is 0.225 e. The lowest BCUT2D eigenvalue weighted by atomic mass is 10.3. The average molecular weight is 179 g/mol. The van der Waals surface area contributed by atoms with E-state index in [0.29, 0.717) is 18.7 Å². The molecular formula is C9H13N3O. The van der Waals surface area contributed by atoms with Crippen LogP contribution in [0.15, 0.2) is 24.9 Å². The lowest BCUT2D eigenvalue weighted by Gasteiger charge is -2.03. The van der Waals surface area contributed by atoms with Crippen molar-refractivity contribution in [3.05, 3.63) is 24.9 Å². The molecular weight excluding hydrogens is 166 g/mol. The van der Waals surface area contributed by atoms with Gasteiger partial charge in [-0.05, 0) is 6.42 Å². The fourth-order valence-electron chi connectivity index (χ4n) is 0.935. The fraction of sp³-hybridized carbons (Fsp3) is 0.333. The molecule has 0 radical (unpaired) electrons. The van der Waals surface area contributed by atoms with E-state index in [9.17, 15) is 4.79 Å². The molecule has 0 atom stereocenters. The van der Waals surface area contributed by atoms with E-state index < -0.39 is 0 Å². The standard InChI is InChI=1S/C9H13N3O/c1-3-4-5-9(13)11-8-6-7-10-12(8)2/h3,6-7H,1,4-5H2,2H3,(H,11,13). The van der Waals surface area contributed by atoms with Gasteiger partial charge in [0.2, 0.25) is 5.91 Å². The van der Waals surface area contributed by atoms with Crippen molar-refractivity contribution < 1.29 is 4.79 Å². The van der Waals surface area contributed by atoms with Gasteiger partial charge in [0.1, 0.15) is 5.82 Å². The first-order valence-corrected chi connectivity index (χ1v) is 4.13. The summed E-state index contributed by atoms with van der Waals surface area (Å²) in [7, 11) is 1.78. The van der Waals surface area contributed by atoms with Crippen molar-refractivity contribution in [2.45, 2.75) is 12.8 Å². The molecule has 0 spiro atoms. The van der Waals surface area contributed by atoms with Gasteiger partial charge in [0.25, 0.3) is 0 Å². The summed E-state index contributed by atoms with van der Waals surface area (Å²) in [5, 5.41) is 6.67. The molecule has 1 rings (SSSR count). The van der Waals surface area contributed by atoms with E-state index in [1.165, 1.54) is 0 Å². The van der Waals surface area contributed by atoms with Crippen LogP contribution in [0.5, 0.6) is 0 Å². The topological polar surface area (TPSA) is 46.9 Å². The van der Waals surface area contributed by atoms with Crippen molar-refractivity contribution in [1.29, 1.82) is 0 Å². The number of amides is 1. The normalized spacial score (nSPS) is 9.62. The van der Waals surface area contributed by atoms with E-state index in [-0.39, 0.29) is 5.91 Å². The van der Waals surface area contributed by atoms with Gasteiger partial charge in [-0.3, -0.25) is 9.48 Å². The third-order valence-corrected chi connectivity index (χ3v) is 1.66. The highest BCUT2D eigenvalue weighted by molar-refractivity contribution is 5.89. The summed E-state index contributed by atoms with van der Waals surface area (Å²) in [6.07, 6.45) is 4.53. The Kier molecular flexibility index (Phi) is 3.25. The summed E-state index contributed by atoms with van der Waals surface area (Å²) in [5.74, 6) is 0.706. The molecule has 0 aliphatic heterocycles. The molecule has 1 aromatic heterocycles. The van der Waals surface area contributed by atoms with Crippen LogP contribution in [-0.4, -0.2) is 15.7 Å². The first-order valence-electron chi connectivity index (χ1n) is 4.13. The molecule has 0 aliphatic carbocycles. The van der Waals surface area contributed by atoms with Gasteiger partial charge < -0.3 is 5.32 Å². The molecule has 1 amide bonds. The van der Waals surface area contributed by atoms with Crippen LogP contribution >= 0.6 is 0 Å². The minimum atomic E-state index is -0.0106. The van der Waals surface area contributed by atoms with Crippen molar-refractivity contribution in [2.75, 3.05) is 5.32 Å². The minimum absolute atomic E-state index is 0.0106. The van der Waals surface area contributed by atoms with Gasteiger partial charge in [0.15, 0.2) is 0 Å². The highest BCUT2D eigenvalue weighted by Gasteiger charge is 2.02. The van der Waals surface area contributed by atoms with Crippen molar-refractivity contribution in [3.8, 4) is 0 Å². The van der Waals surface area contributed by atoms with Gasteiger partial charge in [-0.1, -0.05) is 6.08 Å². The third kappa shape index (κ3) is 2.74. The zero-order valence-electron chi connectivity index (χ0n) is 7.66. The van der Waals surface area contributed by atoms with Gasteiger partial charge in [-0.15, -0.1) is 6.58 Å². The smallest absolute Gasteiger partial charge is 0.225 e. The van der Waals surface area contributed by atoms with Crippen LogP contribution in [0.1, 0.15) is 12.8 Å². The highest BCUT2D eigenvalue weighted by atomic mass is 16.1. The monoisotopic (exact) mass is 179 g/mol. The first-order chi connectivity index (χ1) is 6.24. The van der Waals surface area contributed by atoms with Crippen LogP contribution in [0.3, 0.4) is 0 Å². The van der Waals surface area contributed by atoms with Crippen molar-refractivity contribution >= 4 is 11.7 Å². The van der Waals surface area contributed by atoms with Crippen LogP contribution in [0.25, 0.3) is 0 Å². The van der Waals surface area contributed by atoms with Crippen LogP contribution in [0.2, 0.25) is 0 Å². The predicted octanol–water partition coefficient (Wildman–Crippen LogP) is 1.32. The Morgan fingerprint density at radius 1 is 1.85 bits per heavy atom. The fourth-order valence-corrected chi connectivity index (χ4v) is 0.935. The molecule has 0 bridgehead atoms. The van der Waals surface area contributed by atoms with Crippen LogP contribution in [-0.2, 0) is 11.8 Å². The van der Waals surface area contributed by atoms with Gasteiger partial charge in [0.05, 0.1) is 6.20 Å². The number of hydrogen-bond acceptors (Lipinski definition) is 2. The van der Waals surface area contributed by atoms with Crippen LogP contribution < -0.4 is 5.32 Å². The second-order valence-corrected chi connectivity index (χ2v) is 2.72. The molecule has 1 N–H and O–H groups in total. The second kappa shape index (κ2) is 4.45. The number of aromatic nitrogens is 2. The molecule has 13 heavy (non-hydrogen) atoms. The number of rotatable bonds is 4. The minimum Gasteiger partial charge on any atom is -0.311 e. The maximum atomic E-state index is 11.2. The lowest BCUT2D eigenvalue weighted by molar-refractivity contribution is -0.116. The predicted molar refractivity (Wildman–Crippen MR) is 51.3 cm³/mol. The average Bonchev–Trinajstić information content (AvgIpc) is 2.48. The summed E-state index contributed by atoms with van der Waals surface area (Å²) in [4.78, 5) is 11.2. The number of nitrogens with zero attached hydrogens (tertiary/aromatic N) is 2. The summed E-state index contributed by atoms with van der Waals surface area (Å²) < 4.78 is 1.62. The van der Waals surface area contributed by atoms with Gasteiger partial charge in [-0.2, -0.15) is 5.10 Å². The molecule has 0 saturated heterocycles. The van der Waals surface area contributed by atoms with E-state index >= 15 is 0 Å². The molecule has 1 heterocycles. The molecule has 0 saturated carbocycles. The van der Waals surface area contributed by atoms with E-state index in [2.05, 4.69) is 17.0 Å². The van der Waals surface area contributed by atoms with E-state index in [0.717, 1.165) is 0 Å². The third-order valence-electron chi connectivity index (χ3n) is 1.66. The summed E-state index contributed by atoms with van der Waals surface area (Å²) in [6.45, 7) is 3.55. The lowest BCUT2D eigenvalue weighted by Crippen LogP contribution is -2.13. The van der Waals surface area contributed by atoms with E-state index in [1.54, 1.807) is 30.1 Å². The molecule has 4 nitrogen and oxygen atoms in total. The SMILES string of the molecule is C=CCCC(=O)Nc1ccnn1C. The Morgan fingerprint density at radius 2 is 2.62 bits per heavy atom. The molecule has 0 aromatic carbocycles. The number of nitrogens with one attached hydrogen (secondary N) is 1. The highest BCUT2D eigenvalue weighted by Crippen LogP contribution is 2.04. The van der Waals surface area contributed by atoms with Crippen molar-refractivity contribution in [2.24, 2.45) is 7.05 Å². The molecule has 1 aromatic rings. The Balaban J connectivity index is 2.45. The molecule has 0 fully saturated rings. The van der Waals surface area contributed by atoms with Gasteiger partial charge in [-0.25, -0.2) is 0 Å². The summed E-state index contributed by atoms with van der Waals surface area (Å²) >= 11 is 0. The van der Waals surface area contributed by atoms with Gasteiger partial charge in [0, 0.05) is 19.5 Å². The second-order valence-electron chi connectivity index (χ2n) is 2.72. The van der Waals surface area contributed by atoms with E-state index in [4.69, 9.17) is 0 Å². The van der Waals surface area contributed by atoms with Crippen molar-refractivity contribution in [1.82, 2.24) is 9.78 Å². The zero-order chi connectivity index (χ0) is 9.68. The zero-order valence-corrected chi connectivity index (χ0v) is 7.66. The number of carbonyl (C=O) groups excluding carboxylic acids is 1. The Bertz CT molecular complexity index is 304. The summed E-state index contributed by atoms with van der Waals surface area (Å²) in [5.41, 5.74) is 0. The number of carbonyl (C=O) groups is 1. The number of allylic oxidation sites excluding steroid dienone is 1. The quantitative estimate of drug-likeness (QED) is 0.709. The Hall–Kier alpha value is -1.58. The molecule has 4 heteroatoms. The number of aryl methyl sites for hydroxylation is 1. The van der Waals surface area contributed by atoms with Crippen LogP contribution in [0, 0.1) is 0 Å². The number of anilines is 1. The van der Waals surface area contributed by atoms with Crippen LogP contribution in [0.4, 0.5) is 5.82 Å². The number of hydrogen-bond donors (Lipinski definition) is 1. The Morgan fingerprint density at radius 3 is 3.15 bits per heavy atom. The Labute approximate surface area is 77.3 Å². The summed E-state index contributed by atoms with van der Waals surface area (Å²) in [6, 6.07) is 1.76. The molecule has 70 valence electrons. The largest absolute Gasteiger partial charge is 0.311 e. The molecule has 0 aliphatic rings. The van der Waals surface area contributed by atoms with E-state index in [1.807, 2.05) is 0 Å². The van der Waals surface area contributed by atoms with Gasteiger partial charge >= 0.3 is 0 Å². The van der Waals surface area contributed by atoms with Crippen molar-refractivity contribution in [3.63, 3.8) is 0 Å². The molecule has 0 unspecified atom stereocenters. The first kappa shape index (κ1) is 9.51.